The van der Waals surface area contributed by atoms with Gasteiger partial charge in [-0.2, -0.15) is 13.1 Å². The van der Waals surface area contributed by atoms with Crippen molar-refractivity contribution in [3.63, 3.8) is 0 Å². The number of nitrogens with zero attached hydrogens (tertiary/aromatic N) is 1. The van der Waals surface area contributed by atoms with Crippen LogP contribution in [-0.2, 0) is 16.6 Å². The summed E-state index contributed by atoms with van der Waals surface area (Å²) in [6, 6.07) is 14.0. The Morgan fingerprint density at radius 3 is 2.46 bits per heavy atom. The van der Waals surface area contributed by atoms with Crippen molar-refractivity contribution >= 4 is 21.7 Å². The molecular formula is C19H22N2O4S. The average molecular weight is 374 g/mol. The zero-order valence-corrected chi connectivity index (χ0v) is 15.6. The molecule has 0 radical (unpaired) electrons. The van der Waals surface area contributed by atoms with Crippen molar-refractivity contribution in [2.45, 2.75) is 20.3 Å². The molecule has 0 aliphatic carbocycles. The highest BCUT2D eigenvalue weighted by Crippen LogP contribution is 2.34. The minimum absolute atomic E-state index is 0.0213. The van der Waals surface area contributed by atoms with E-state index in [-0.39, 0.29) is 23.8 Å². The van der Waals surface area contributed by atoms with Crippen LogP contribution in [0.4, 0.5) is 5.69 Å². The van der Waals surface area contributed by atoms with E-state index in [2.05, 4.69) is 4.72 Å². The van der Waals surface area contributed by atoms with Gasteiger partial charge in [-0.1, -0.05) is 50.2 Å². The number of anilines is 1. The Labute approximate surface area is 153 Å². The van der Waals surface area contributed by atoms with Gasteiger partial charge in [0.15, 0.2) is 5.78 Å². The first-order valence-electron chi connectivity index (χ1n) is 8.40. The molecule has 0 spiro atoms. The predicted molar refractivity (Wildman–Crippen MR) is 101 cm³/mol. The quantitative estimate of drug-likeness (QED) is 0.788. The van der Waals surface area contributed by atoms with Crippen molar-refractivity contribution < 1.29 is 18.3 Å². The summed E-state index contributed by atoms with van der Waals surface area (Å²) in [5, 5.41) is 10.3. The number of phenols is 1. The molecule has 2 N–H and O–H groups in total. The number of carbonyl (C=O) groups is 1. The first-order valence-corrected chi connectivity index (χ1v) is 9.84. The second-order valence-electron chi connectivity index (χ2n) is 7.05. The molecular weight excluding hydrogens is 352 g/mol. The van der Waals surface area contributed by atoms with Gasteiger partial charge in [0, 0.05) is 24.1 Å². The first-order chi connectivity index (χ1) is 12.2. The summed E-state index contributed by atoms with van der Waals surface area (Å²) in [5.74, 6) is -0.0919. The number of carbonyl (C=O) groups excluding carboxylic acids is 1. The molecule has 1 aliphatic heterocycles. The van der Waals surface area contributed by atoms with Gasteiger partial charge < -0.3 is 5.11 Å². The Balaban J connectivity index is 1.82. The number of benzene rings is 2. The van der Waals surface area contributed by atoms with E-state index in [0.29, 0.717) is 18.5 Å². The summed E-state index contributed by atoms with van der Waals surface area (Å²) in [7, 11) is -3.59. The van der Waals surface area contributed by atoms with Crippen LogP contribution >= 0.6 is 0 Å². The van der Waals surface area contributed by atoms with Gasteiger partial charge >= 0.3 is 10.2 Å². The van der Waals surface area contributed by atoms with E-state index in [1.54, 1.807) is 24.3 Å². The number of nitrogens with one attached hydrogen (secondary N) is 1. The lowest BCUT2D eigenvalue weighted by atomic mass is 9.79. The molecule has 0 aromatic heterocycles. The highest BCUT2D eigenvalue weighted by molar-refractivity contribution is 7.91. The van der Waals surface area contributed by atoms with Gasteiger partial charge in [0.25, 0.3) is 0 Å². The van der Waals surface area contributed by atoms with E-state index < -0.39 is 15.6 Å². The van der Waals surface area contributed by atoms with E-state index in [4.69, 9.17) is 0 Å². The van der Waals surface area contributed by atoms with E-state index in [0.717, 1.165) is 9.87 Å². The molecule has 2 aromatic rings. The van der Waals surface area contributed by atoms with Crippen LogP contribution in [0.15, 0.2) is 48.5 Å². The van der Waals surface area contributed by atoms with E-state index in [9.17, 15) is 18.3 Å². The third-order valence-electron chi connectivity index (χ3n) is 4.49. The number of rotatable bonds is 5. The molecule has 1 aliphatic rings. The van der Waals surface area contributed by atoms with Crippen molar-refractivity contribution in [1.29, 1.82) is 0 Å². The van der Waals surface area contributed by atoms with Gasteiger partial charge in [0.05, 0.1) is 5.69 Å². The second kappa shape index (κ2) is 6.74. The SMILES string of the molecule is CC(C)(Cc1ccc(N2CCNS2(=O)=O)c(O)c1)C(=O)c1ccccc1. The molecule has 26 heavy (non-hydrogen) atoms. The summed E-state index contributed by atoms with van der Waals surface area (Å²) >= 11 is 0. The number of phenolic OH excluding ortho intramolecular Hbond substituents is 1. The molecule has 0 saturated carbocycles. The maximum Gasteiger partial charge on any atom is 0.301 e. The van der Waals surface area contributed by atoms with Crippen molar-refractivity contribution in [2.24, 2.45) is 5.41 Å². The maximum absolute atomic E-state index is 12.8. The Hall–Kier alpha value is -2.38. The summed E-state index contributed by atoms with van der Waals surface area (Å²) in [6.45, 7) is 4.31. The number of Topliss-reactive ketones (excluding diaryl/α,β-unsaturated/α-hetero) is 1. The Bertz CT molecular complexity index is 924. The molecule has 2 aromatic carbocycles. The fourth-order valence-electron chi connectivity index (χ4n) is 3.18. The summed E-state index contributed by atoms with van der Waals surface area (Å²) in [4.78, 5) is 12.8. The Morgan fingerprint density at radius 2 is 1.88 bits per heavy atom. The van der Waals surface area contributed by atoms with Crippen molar-refractivity contribution in [3.05, 3.63) is 59.7 Å². The normalized spacial score (nSPS) is 16.6. The minimum atomic E-state index is -3.59. The van der Waals surface area contributed by atoms with Crippen LogP contribution in [-0.4, -0.2) is 32.4 Å². The highest BCUT2D eigenvalue weighted by atomic mass is 32.2. The molecule has 1 saturated heterocycles. The molecule has 0 unspecified atom stereocenters. The molecule has 1 heterocycles. The number of aromatic hydroxyl groups is 1. The zero-order valence-electron chi connectivity index (χ0n) is 14.8. The molecule has 3 rings (SSSR count). The lowest BCUT2D eigenvalue weighted by molar-refractivity contribution is 0.0837. The van der Waals surface area contributed by atoms with Gasteiger partial charge in [-0.15, -0.1) is 0 Å². The van der Waals surface area contributed by atoms with Gasteiger partial charge in [-0.25, -0.2) is 0 Å². The van der Waals surface area contributed by atoms with Crippen LogP contribution in [0.25, 0.3) is 0 Å². The smallest absolute Gasteiger partial charge is 0.301 e. The number of hydrogen-bond acceptors (Lipinski definition) is 4. The van der Waals surface area contributed by atoms with Crippen molar-refractivity contribution in [3.8, 4) is 5.75 Å². The molecule has 138 valence electrons. The van der Waals surface area contributed by atoms with Crippen LogP contribution in [0.1, 0.15) is 29.8 Å². The topological polar surface area (TPSA) is 86.7 Å². The molecule has 1 fully saturated rings. The fourth-order valence-corrected chi connectivity index (χ4v) is 4.43. The highest BCUT2D eigenvalue weighted by Gasteiger charge is 2.31. The van der Waals surface area contributed by atoms with Crippen molar-refractivity contribution in [1.82, 2.24) is 4.72 Å². The van der Waals surface area contributed by atoms with E-state index in [1.807, 2.05) is 32.0 Å². The Kier molecular flexibility index (Phi) is 4.77. The van der Waals surface area contributed by atoms with Gasteiger partial charge in [0.1, 0.15) is 5.75 Å². The summed E-state index contributed by atoms with van der Waals surface area (Å²) < 4.78 is 27.4. The molecule has 0 amide bonds. The van der Waals surface area contributed by atoms with Crippen LogP contribution in [0.5, 0.6) is 5.75 Å². The first kappa shape index (κ1) is 18.4. The van der Waals surface area contributed by atoms with Crippen LogP contribution in [0.3, 0.4) is 0 Å². The largest absolute Gasteiger partial charge is 0.506 e. The second-order valence-corrected chi connectivity index (χ2v) is 8.73. The lowest BCUT2D eigenvalue weighted by Gasteiger charge is -2.24. The molecule has 7 heteroatoms. The van der Waals surface area contributed by atoms with Crippen LogP contribution in [0, 0.1) is 5.41 Å². The summed E-state index contributed by atoms with van der Waals surface area (Å²) in [5.41, 5.74) is 1.000. The third-order valence-corrected chi connectivity index (χ3v) is 6.02. The number of ketones is 1. The monoisotopic (exact) mass is 374 g/mol. The number of hydrogen-bond donors (Lipinski definition) is 2. The lowest BCUT2D eigenvalue weighted by Crippen LogP contribution is -2.29. The van der Waals surface area contributed by atoms with Gasteiger partial charge in [-0.05, 0) is 24.1 Å². The van der Waals surface area contributed by atoms with E-state index >= 15 is 0 Å². The van der Waals surface area contributed by atoms with Crippen LogP contribution < -0.4 is 9.03 Å². The average Bonchev–Trinajstić information content (AvgIpc) is 2.94. The predicted octanol–water partition coefficient (Wildman–Crippen LogP) is 2.50. The maximum atomic E-state index is 12.8. The van der Waals surface area contributed by atoms with Gasteiger partial charge in [-0.3, -0.25) is 9.10 Å². The van der Waals surface area contributed by atoms with E-state index in [1.165, 1.54) is 6.07 Å². The summed E-state index contributed by atoms with van der Waals surface area (Å²) in [6.07, 6.45) is 0.430. The standard InChI is InChI=1S/C19H22N2O4S/c1-19(2,18(23)15-6-4-3-5-7-15)13-14-8-9-16(17(22)12-14)21-11-10-20-26(21,24)25/h3-9,12,20,22H,10-11,13H2,1-2H3. The van der Waals surface area contributed by atoms with Gasteiger partial charge in [0.2, 0.25) is 0 Å². The molecule has 0 atom stereocenters. The molecule has 0 bridgehead atoms. The Morgan fingerprint density at radius 1 is 1.19 bits per heavy atom. The third kappa shape index (κ3) is 3.59. The van der Waals surface area contributed by atoms with Crippen LogP contribution in [0.2, 0.25) is 0 Å². The minimum Gasteiger partial charge on any atom is -0.506 e. The van der Waals surface area contributed by atoms with Crippen molar-refractivity contribution in [2.75, 3.05) is 17.4 Å². The molecule has 6 nitrogen and oxygen atoms in total. The zero-order chi connectivity index (χ0) is 18.9. The fraction of sp³-hybridized carbons (Fsp3) is 0.316.